The molecule has 0 bridgehead atoms. The van der Waals surface area contributed by atoms with E-state index in [9.17, 15) is 4.79 Å². The van der Waals surface area contributed by atoms with Gasteiger partial charge in [-0.2, -0.15) is 0 Å². The van der Waals surface area contributed by atoms with Crippen LogP contribution in [-0.4, -0.2) is 29.9 Å². The third-order valence-electron chi connectivity index (χ3n) is 2.89. The summed E-state index contributed by atoms with van der Waals surface area (Å²) in [4.78, 5) is 14.0. The molecule has 0 spiro atoms. The molecule has 0 heterocycles. The molecule has 2 N–H and O–H groups in total. The lowest BCUT2D eigenvalue weighted by Crippen LogP contribution is -2.38. The first-order valence-corrected chi connectivity index (χ1v) is 6.41. The molecule has 96 valence electrons. The summed E-state index contributed by atoms with van der Waals surface area (Å²) in [6.07, 6.45) is 1.64. The number of carbonyl (C=O) groups is 1. The minimum atomic E-state index is 0.244. The lowest BCUT2D eigenvalue weighted by molar-refractivity contribution is -0.133. The predicted octanol–water partition coefficient (Wildman–Crippen LogP) is 2.25. The van der Waals surface area contributed by atoms with Crippen molar-refractivity contribution in [2.75, 3.05) is 13.1 Å². The van der Waals surface area contributed by atoms with Crippen molar-refractivity contribution in [3.8, 4) is 0 Å². The number of rotatable bonds is 7. The van der Waals surface area contributed by atoms with Crippen molar-refractivity contribution < 1.29 is 4.79 Å². The number of nitrogens with two attached hydrogens (primary N) is 1. The molecule has 0 rings (SSSR count). The Morgan fingerprint density at radius 3 is 2.12 bits per heavy atom. The van der Waals surface area contributed by atoms with Crippen molar-refractivity contribution in [2.45, 2.75) is 53.5 Å². The van der Waals surface area contributed by atoms with Crippen molar-refractivity contribution in [3.63, 3.8) is 0 Å². The Balaban J connectivity index is 4.27. The summed E-state index contributed by atoms with van der Waals surface area (Å²) in [5.41, 5.74) is 5.72. The van der Waals surface area contributed by atoms with Crippen molar-refractivity contribution in [2.24, 2.45) is 17.6 Å². The van der Waals surface area contributed by atoms with Gasteiger partial charge in [-0.1, -0.05) is 13.8 Å². The van der Waals surface area contributed by atoms with Gasteiger partial charge in [-0.05, 0) is 45.6 Å². The van der Waals surface area contributed by atoms with Gasteiger partial charge >= 0.3 is 0 Å². The van der Waals surface area contributed by atoms with Gasteiger partial charge < -0.3 is 10.6 Å². The molecule has 3 heteroatoms. The number of amides is 1. The molecule has 1 atom stereocenters. The molecular formula is C13H28N2O. The molecule has 0 aliphatic heterocycles. The van der Waals surface area contributed by atoms with Crippen LogP contribution in [0.1, 0.15) is 47.5 Å². The van der Waals surface area contributed by atoms with Crippen LogP contribution in [0, 0.1) is 11.8 Å². The Labute approximate surface area is 100 Å². The monoisotopic (exact) mass is 228 g/mol. The van der Waals surface area contributed by atoms with Gasteiger partial charge in [-0.15, -0.1) is 0 Å². The van der Waals surface area contributed by atoms with Crippen LogP contribution in [0.25, 0.3) is 0 Å². The van der Waals surface area contributed by atoms with E-state index in [4.69, 9.17) is 5.73 Å². The Morgan fingerprint density at radius 1 is 1.25 bits per heavy atom. The Bertz CT molecular complexity index is 202. The maximum atomic E-state index is 12.0. The largest absolute Gasteiger partial charge is 0.341 e. The Hall–Kier alpha value is -0.570. The number of carbonyl (C=O) groups excluding carboxylic acids is 1. The minimum absolute atomic E-state index is 0.244. The van der Waals surface area contributed by atoms with Crippen molar-refractivity contribution in [1.29, 1.82) is 0 Å². The summed E-state index contributed by atoms with van der Waals surface area (Å²) in [7, 11) is 0. The fourth-order valence-electron chi connectivity index (χ4n) is 2.12. The quantitative estimate of drug-likeness (QED) is 0.726. The first kappa shape index (κ1) is 15.4. The third kappa shape index (κ3) is 5.50. The summed E-state index contributed by atoms with van der Waals surface area (Å²) in [6.45, 7) is 11.9. The highest BCUT2D eigenvalue weighted by Gasteiger charge is 2.19. The fourth-order valence-corrected chi connectivity index (χ4v) is 2.12. The second kappa shape index (κ2) is 7.66. The molecule has 0 unspecified atom stereocenters. The van der Waals surface area contributed by atoms with E-state index in [1.165, 1.54) is 0 Å². The lowest BCUT2D eigenvalue weighted by Gasteiger charge is -2.27. The van der Waals surface area contributed by atoms with Gasteiger partial charge in [-0.3, -0.25) is 4.79 Å². The molecule has 3 nitrogen and oxygen atoms in total. The molecule has 0 aliphatic carbocycles. The van der Waals surface area contributed by atoms with E-state index < -0.39 is 0 Å². The van der Waals surface area contributed by atoms with Gasteiger partial charge in [0, 0.05) is 19.0 Å². The zero-order chi connectivity index (χ0) is 12.7. The second-order valence-electron chi connectivity index (χ2n) is 5.21. The highest BCUT2D eigenvalue weighted by atomic mass is 16.2. The van der Waals surface area contributed by atoms with Crippen molar-refractivity contribution in [1.82, 2.24) is 4.90 Å². The topological polar surface area (TPSA) is 46.3 Å². The summed E-state index contributed by atoms with van der Waals surface area (Å²) in [5.74, 6) is 1.18. The molecule has 0 fully saturated rings. The Morgan fingerprint density at radius 2 is 1.81 bits per heavy atom. The molecule has 1 amide bonds. The number of hydrogen-bond acceptors (Lipinski definition) is 2. The summed E-state index contributed by atoms with van der Waals surface area (Å²) >= 11 is 0. The zero-order valence-corrected chi connectivity index (χ0v) is 11.5. The van der Waals surface area contributed by atoms with Gasteiger partial charge in [0.2, 0.25) is 5.91 Å². The van der Waals surface area contributed by atoms with Crippen LogP contribution in [-0.2, 0) is 4.79 Å². The SMILES string of the molecule is CCN(C(=O)C[C@@H](CN)CC(C)C)C(C)C. The predicted molar refractivity (Wildman–Crippen MR) is 69.1 cm³/mol. The minimum Gasteiger partial charge on any atom is -0.341 e. The van der Waals surface area contributed by atoms with E-state index in [1.54, 1.807) is 0 Å². The highest BCUT2D eigenvalue weighted by molar-refractivity contribution is 5.76. The molecule has 0 saturated heterocycles. The average Bonchev–Trinajstić information content (AvgIpc) is 2.16. The molecule has 0 radical (unpaired) electrons. The first-order chi connectivity index (χ1) is 7.42. The molecule has 0 aliphatic rings. The number of hydrogen-bond donors (Lipinski definition) is 1. The van der Waals surface area contributed by atoms with Crippen LogP contribution in [0.5, 0.6) is 0 Å². The van der Waals surface area contributed by atoms with Crippen LogP contribution in [0.4, 0.5) is 0 Å². The van der Waals surface area contributed by atoms with E-state index in [0.29, 0.717) is 24.8 Å². The molecular weight excluding hydrogens is 200 g/mol. The van der Waals surface area contributed by atoms with Crippen LogP contribution >= 0.6 is 0 Å². The Kier molecular flexibility index (Phi) is 7.39. The van der Waals surface area contributed by atoms with Crippen LogP contribution < -0.4 is 5.73 Å². The van der Waals surface area contributed by atoms with Crippen molar-refractivity contribution >= 4 is 5.91 Å². The van der Waals surface area contributed by atoms with Crippen LogP contribution in [0.3, 0.4) is 0 Å². The maximum Gasteiger partial charge on any atom is 0.223 e. The summed E-state index contributed by atoms with van der Waals surface area (Å²) in [5, 5.41) is 0. The molecule has 0 aromatic heterocycles. The van der Waals surface area contributed by atoms with E-state index in [0.717, 1.165) is 13.0 Å². The van der Waals surface area contributed by atoms with E-state index >= 15 is 0 Å². The van der Waals surface area contributed by atoms with Gasteiger partial charge in [0.25, 0.3) is 0 Å². The van der Waals surface area contributed by atoms with Gasteiger partial charge in [0.15, 0.2) is 0 Å². The van der Waals surface area contributed by atoms with Crippen LogP contribution in [0.15, 0.2) is 0 Å². The van der Waals surface area contributed by atoms with Crippen LogP contribution in [0.2, 0.25) is 0 Å². The molecule has 0 saturated carbocycles. The fraction of sp³-hybridized carbons (Fsp3) is 0.923. The maximum absolute atomic E-state index is 12.0. The zero-order valence-electron chi connectivity index (χ0n) is 11.5. The molecule has 0 aromatic carbocycles. The normalized spacial score (nSPS) is 13.2. The summed E-state index contributed by atoms with van der Waals surface area (Å²) in [6, 6.07) is 0.287. The second-order valence-corrected chi connectivity index (χ2v) is 5.21. The van der Waals surface area contributed by atoms with E-state index in [2.05, 4.69) is 27.7 Å². The van der Waals surface area contributed by atoms with E-state index in [-0.39, 0.29) is 11.9 Å². The lowest BCUT2D eigenvalue weighted by atomic mass is 9.93. The smallest absolute Gasteiger partial charge is 0.223 e. The number of nitrogens with zero attached hydrogens (tertiary/aromatic N) is 1. The van der Waals surface area contributed by atoms with E-state index in [1.807, 2.05) is 11.8 Å². The van der Waals surface area contributed by atoms with Gasteiger partial charge in [0.05, 0.1) is 0 Å². The first-order valence-electron chi connectivity index (χ1n) is 6.41. The molecule has 16 heavy (non-hydrogen) atoms. The molecule has 0 aromatic rings. The average molecular weight is 228 g/mol. The van der Waals surface area contributed by atoms with Gasteiger partial charge in [0.1, 0.15) is 0 Å². The summed E-state index contributed by atoms with van der Waals surface area (Å²) < 4.78 is 0. The van der Waals surface area contributed by atoms with Crippen molar-refractivity contribution in [3.05, 3.63) is 0 Å². The standard InChI is InChI=1S/C13H28N2O/c1-6-15(11(4)5)13(16)8-12(9-14)7-10(2)3/h10-12H,6-9,14H2,1-5H3/t12-/m0/s1. The van der Waals surface area contributed by atoms with Gasteiger partial charge in [-0.25, -0.2) is 0 Å². The highest BCUT2D eigenvalue weighted by Crippen LogP contribution is 2.16. The third-order valence-corrected chi connectivity index (χ3v) is 2.89.